The Hall–Kier alpha value is -2.81. The van der Waals surface area contributed by atoms with E-state index in [-0.39, 0.29) is 5.91 Å². The molecule has 0 bridgehead atoms. The number of amides is 1. The number of nitrogens with zero attached hydrogens (tertiary/aromatic N) is 7. The van der Waals surface area contributed by atoms with Crippen LogP contribution < -0.4 is 4.90 Å². The van der Waals surface area contributed by atoms with Crippen molar-refractivity contribution in [3.8, 4) is 5.82 Å². The first-order valence-electron chi connectivity index (χ1n) is 8.00. The van der Waals surface area contributed by atoms with E-state index in [0.29, 0.717) is 18.9 Å². The first-order valence-corrected chi connectivity index (χ1v) is 8.88. The normalized spacial score (nSPS) is 14.8. The van der Waals surface area contributed by atoms with Crippen molar-refractivity contribution in [2.45, 2.75) is 6.92 Å². The molecule has 0 spiro atoms. The van der Waals surface area contributed by atoms with Crippen LogP contribution in [0.15, 0.2) is 36.1 Å². The van der Waals surface area contributed by atoms with E-state index in [1.165, 1.54) is 11.3 Å². The average molecular weight is 355 g/mol. The molecule has 0 aromatic carbocycles. The zero-order valence-corrected chi connectivity index (χ0v) is 14.6. The topological polar surface area (TPSA) is 80.0 Å². The summed E-state index contributed by atoms with van der Waals surface area (Å²) in [6, 6.07) is 5.68. The van der Waals surface area contributed by atoms with Gasteiger partial charge in [0.2, 0.25) is 0 Å². The summed E-state index contributed by atoms with van der Waals surface area (Å²) in [6.45, 7) is 4.67. The molecule has 0 saturated carbocycles. The Morgan fingerprint density at radius 2 is 1.88 bits per heavy atom. The summed E-state index contributed by atoms with van der Waals surface area (Å²) in [6.07, 6.45) is 3.53. The summed E-state index contributed by atoms with van der Waals surface area (Å²) >= 11 is 1.40. The SMILES string of the molecule is Cc1ncsc1C(=O)N1CCN(c2ccc(-n3cccn3)nn2)CC1. The van der Waals surface area contributed by atoms with Gasteiger partial charge in [0.1, 0.15) is 4.88 Å². The summed E-state index contributed by atoms with van der Waals surface area (Å²) in [5.41, 5.74) is 2.52. The van der Waals surface area contributed by atoms with Crippen molar-refractivity contribution in [1.29, 1.82) is 0 Å². The molecule has 0 aliphatic carbocycles. The number of anilines is 1. The Bertz CT molecular complexity index is 851. The zero-order valence-electron chi connectivity index (χ0n) is 13.7. The highest BCUT2D eigenvalue weighted by Gasteiger charge is 2.25. The predicted octanol–water partition coefficient (Wildman–Crippen LogP) is 1.39. The van der Waals surface area contributed by atoms with Crippen LogP contribution in [0.4, 0.5) is 5.82 Å². The van der Waals surface area contributed by atoms with Crippen molar-refractivity contribution < 1.29 is 4.79 Å². The van der Waals surface area contributed by atoms with E-state index >= 15 is 0 Å². The molecular formula is C16H17N7OS. The molecule has 0 atom stereocenters. The van der Waals surface area contributed by atoms with Crippen molar-refractivity contribution >= 4 is 23.1 Å². The molecule has 0 unspecified atom stereocenters. The summed E-state index contributed by atoms with van der Waals surface area (Å²) in [4.78, 5) is 21.5. The van der Waals surface area contributed by atoms with E-state index in [9.17, 15) is 4.79 Å². The van der Waals surface area contributed by atoms with Gasteiger partial charge in [-0.25, -0.2) is 9.67 Å². The lowest BCUT2D eigenvalue weighted by Crippen LogP contribution is -2.49. The minimum atomic E-state index is 0.0692. The minimum absolute atomic E-state index is 0.0692. The van der Waals surface area contributed by atoms with Gasteiger partial charge in [-0.1, -0.05) is 0 Å². The smallest absolute Gasteiger partial charge is 0.265 e. The lowest BCUT2D eigenvalue weighted by molar-refractivity contribution is 0.0750. The number of rotatable bonds is 3. The monoisotopic (exact) mass is 355 g/mol. The Kier molecular flexibility index (Phi) is 4.14. The van der Waals surface area contributed by atoms with Crippen LogP contribution in [-0.4, -0.2) is 61.9 Å². The third-order valence-electron chi connectivity index (χ3n) is 4.21. The van der Waals surface area contributed by atoms with Gasteiger partial charge >= 0.3 is 0 Å². The molecule has 8 nitrogen and oxygen atoms in total. The van der Waals surface area contributed by atoms with E-state index in [1.54, 1.807) is 16.4 Å². The van der Waals surface area contributed by atoms with Gasteiger partial charge in [0.15, 0.2) is 11.6 Å². The summed E-state index contributed by atoms with van der Waals surface area (Å²) in [5.74, 6) is 1.57. The van der Waals surface area contributed by atoms with Gasteiger partial charge in [-0.2, -0.15) is 5.10 Å². The molecule has 3 aromatic heterocycles. The maximum Gasteiger partial charge on any atom is 0.265 e. The van der Waals surface area contributed by atoms with Crippen LogP contribution in [0.3, 0.4) is 0 Å². The molecule has 1 saturated heterocycles. The maximum absolute atomic E-state index is 12.5. The van der Waals surface area contributed by atoms with E-state index in [0.717, 1.165) is 29.5 Å². The molecule has 1 aliphatic heterocycles. The van der Waals surface area contributed by atoms with Gasteiger partial charge in [0.05, 0.1) is 11.2 Å². The van der Waals surface area contributed by atoms with Crippen LogP contribution >= 0.6 is 11.3 Å². The van der Waals surface area contributed by atoms with Gasteiger partial charge in [-0.05, 0) is 25.1 Å². The molecule has 4 rings (SSSR count). The van der Waals surface area contributed by atoms with Crippen molar-refractivity contribution in [3.05, 3.63) is 46.7 Å². The number of aryl methyl sites for hydroxylation is 1. The van der Waals surface area contributed by atoms with E-state index in [1.807, 2.05) is 36.2 Å². The van der Waals surface area contributed by atoms with Gasteiger partial charge in [-0.15, -0.1) is 21.5 Å². The maximum atomic E-state index is 12.5. The third-order valence-corrected chi connectivity index (χ3v) is 5.12. The number of hydrogen-bond acceptors (Lipinski definition) is 7. The van der Waals surface area contributed by atoms with Crippen molar-refractivity contribution in [1.82, 2.24) is 29.9 Å². The fraction of sp³-hybridized carbons (Fsp3) is 0.312. The summed E-state index contributed by atoms with van der Waals surface area (Å²) < 4.78 is 1.67. The largest absolute Gasteiger partial charge is 0.352 e. The minimum Gasteiger partial charge on any atom is -0.352 e. The van der Waals surface area contributed by atoms with Crippen molar-refractivity contribution in [2.75, 3.05) is 31.1 Å². The zero-order chi connectivity index (χ0) is 17.2. The number of hydrogen-bond donors (Lipinski definition) is 0. The molecule has 1 aliphatic rings. The second kappa shape index (κ2) is 6.60. The highest BCUT2D eigenvalue weighted by molar-refractivity contribution is 7.11. The van der Waals surface area contributed by atoms with Crippen molar-refractivity contribution in [2.24, 2.45) is 0 Å². The highest BCUT2D eigenvalue weighted by atomic mass is 32.1. The molecule has 0 N–H and O–H groups in total. The van der Waals surface area contributed by atoms with Crippen LogP contribution in [0, 0.1) is 6.92 Å². The number of aromatic nitrogens is 5. The molecule has 1 fully saturated rings. The van der Waals surface area contributed by atoms with Gasteiger partial charge in [0.25, 0.3) is 5.91 Å². The fourth-order valence-electron chi connectivity index (χ4n) is 2.80. The Morgan fingerprint density at radius 1 is 1.12 bits per heavy atom. The quantitative estimate of drug-likeness (QED) is 0.706. The van der Waals surface area contributed by atoms with Crippen LogP contribution in [0.1, 0.15) is 15.4 Å². The van der Waals surface area contributed by atoms with Crippen LogP contribution in [0.2, 0.25) is 0 Å². The van der Waals surface area contributed by atoms with Gasteiger partial charge in [0, 0.05) is 38.6 Å². The lowest BCUT2D eigenvalue weighted by atomic mass is 10.2. The highest BCUT2D eigenvalue weighted by Crippen LogP contribution is 2.18. The summed E-state index contributed by atoms with van der Waals surface area (Å²) in [7, 11) is 0. The number of carbonyl (C=O) groups is 1. The molecule has 0 radical (unpaired) electrons. The molecule has 1 amide bonds. The number of piperazine rings is 1. The van der Waals surface area contributed by atoms with Gasteiger partial charge in [-0.3, -0.25) is 4.79 Å². The standard InChI is InChI=1S/C16H17N7OS/c1-12-15(25-11-17-12)16(24)22-9-7-21(8-10-22)13-3-4-14(20-19-13)23-6-2-5-18-23/h2-6,11H,7-10H2,1H3. The van der Waals surface area contributed by atoms with Crippen LogP contribution in [-0.2, 0) is 0 Å². The molecule has 25 heavy (non-hydrogen) atoms. The van der Waals surface area contributed by atoms with E-state index in [2.05, 4.69) is 25.2 Å². The Balaban J connectivity index is 1.40. The number of thiazole rings is 1. The summed E-state index contributed by atoms with van der Waals surface area (Å²) in [5, 5.41) is 12.7. The molecule has 9 heteroatoms. The Labute approximate surface area is 148 Å². The Morgan fingerprint density at radius 3 is 2.48 bits per heavy atom. The van der Waals surface area contributed by atoms with Crippen LogP contribution in [0.5, 0.6) is 0 Å². The number of carbonyl (C=O) groups excluding carboxylic acids is 1. The predicted molar refractivity (Wildman–Crippen MR) is 94.1 cm³/mol. The van der Waals surface area contributed by atoms with E-state index in [4.69, 9.17) is 0 Å². The first kappa shape index (κ1) is 15.7. The first-order chi connectivity index (χ1) is 12.2. The molecule has 3 aromatic rings. The lowest BCUT2D eigenvalue weighted by Gasteiger charge is -2.35. The fourth-order valence-corrected chi connectivity index (χ4v) is 3.57. The van der Waals surface area contributed by atoms with Gasteiger partial charge < -0.3 is 9.80 Å². The molecule has 4 heterocycles. The second-order valence-electron chi connectivity index (χ2n) is 5.75. The third kappa shape index (κ3) is 3.10. The van der Waals surface area contributed by atoms with Crippen LogP contribution in [0.25, 0.3) is 5.82 Å². The molecule has 128 valence electrons. The average Bonchev–Trinajstić information content (AvgIpc) is 3.33. The second-order valence-corrected chi connectivity index (χ2v) is 6.60. The van der Waals surface area contributed by atoms with Crippen molar-refractivity contribution in [3.63, 3.8) is 0 Å². The molecular weight excluding hydrogens is 338 g/mol. The van der Waals surface area contributed by atoms with E-state index < -0.39 is 0 Å².